The number of carbonyl (C=O) groups excluding carboxylic acids is 2. The molecule has 5 nitrogen and oxygen atoms in total. The van der Waals surface area contributed by atoms with Gasteiger partial charge in [0.05, 0.1) is 0 Å². The van der Waals surface area contributed by atoms with Crippen LogP contribution < -0.4 is 0 Å². The minimum Gasteiger partial charge on any atom is -0.444 e. The van der Waals surface area contributed by atoms with E-state index in [0.717, 1.165) is 16.0 Å². The van der Waals surface area contributed by atoms with Crippen molar-refractivity contribution in [3.8, 4) is 0 Å². The monoisotopic (exact) mass is 350 g/mol. The first-order valence-corrected chi connectivity index (χ1v) is 9.35. The molecule has 2 rings (SSSR count). The Kier molecular flexibility index (Phi) is 5.80. The summed E-state index contributed by atoms with van der Waals surface area (Å²) in [7, 11) is 0. The average molecular weight is 350 g/mol. The highest BCUT2D eigenvalue weighted by molar-refractivity contribution is 7.98. The normalized spacial score (nSPS) is 15.4. The lowest BCUT2D eigenvalue weighted by atomic mass is 10.1. The first-order valence-electron chi connectivity index (χ1n) is 8.13. The number of aryl methyl sites for hydroxylation is 1. The lowest BCUT2D eigenvalue weighted by Gasteiger charge is -2.35. The zero-order chi connectivity index (χ0) is 17.9. The van der Waals surface area contributed by atoms with Crippen LogP contribution in [0.3, 0.4) is 0 Å². The summed E-state index contributed by atoms with van der Waals surface area (Å²) in [5.74, 6) is 0.0345. The minimum atomic E-state index is -0.501. The Morgan fingerprint density at radius 3 is 2.21 bits per heavy atom. The number of thioether (sulfide) groups is 1. The highest BCUT2D eigenvalue weighted by Gasteiger charge is 2.28. The topological polar surface area (TPSA) is 49.9 Å². The van der Waals surface area contributed by atoms with Crippen LogP contribution in [-0.4, -0.2) is 59.8 Å². The van der Waals surface area contributed by atoms with E-state index in [2.05, 4.69) is 0 Å². The van der Waals surface area contributed by atoms with E-state index in [1.165, 1.54) is 0 Å². The van der Waals surface area contributed by atoms with Crippen LogP contribution in [-0.2, 0) is 4.74 Å². The minimum absolute atomic E-state index is 0.0345. The fourth-order valence-electron chi connectivity index (χ4n) is 2.55. The molecule has 0 spiro atoms. The second-order valence-electron chi connectivity index (χ2n) is 6.94. The molecule has 0 unspecified atom stereocenters. The van der Waals surface area contributed by atoms with Crippen molar-refractivity contribution < 1.29 is 14.3 Å². The predicted octanol–water partition coefficient (Wildman–Crippen LogP) is 3.41. The number of rotatable bonds is 2. The van der Waals surface area contributed by atoms with Crippen LogP contribution in [0.5, 0.6) is 0 Å². The molecular formula is C18H26N2O3S. The number of piperazine rings is 1. The number of benzene rings is 1. The van der Waals surface area contributed by atoms with Crippen LogP contribution in [0.1, 0.15) is 36.7 Å². The van der Waals surface area contributed by atoms with Crippen molar-refractivity contribution in [1.82, 2.24) is 9.80 Å². The van der Waals surface area contributed by atoms with Crippen molar-refractivity contribution in [2.75, 3.05) is 32.4 Å². The second kappa shape index (κ2) is 7.47. The van der Waals surface area contributed by atoms with E-state index in [1.54, 1.807) is 16.7 Å². The summed E-state index contributed by atoms with van der Waals surface area (Å²) in [5.41, 5.74) is 1.22. The van der Waals surface area contributed by atoms with Gasteiger partial charge < -0.3 is 14.5 Å². The molecule has 0 atom stereocenters. The first-order chi connectivity index (χ1) is 11.2. The average Bonchev–Trinajstić information content (AvgIpc) is 2.53. The molecule has 0 aromatic heterocycles. The molecule has 132 valence electrons. The molecule has 1 aromatic carbocycles. The molecule has 1 aliphatic heterocycles. The number of amides is 2. The maximum absolute atomic E-state index is 12.8. The number of ether oxygens (including phenoxy) is 1. The van der Waals surface area contributed by atoms with Crippen LogP contribution in [0.2, 0.25) is 0 Å². The van der Waals surface area contributed by atoms with Gasteiger partial charge in [0.2, 0.25) is 0 Å². The molecular weight excluding hydrogens is 324 g/mol. The predicted molar refractivity (Wildman–Crippen MR) is 96.7 cm³/mol. The molecule has 0 aliphatic carbocycles. The molecule has 0 bridgehead atoms. The fraction of sp³-hybridized carbons (Fsp3) is 0.556. The molecule has 1 aromatic rings. The van der Waals surface area contributed by atoms with E-state index in [-0.39, 0.29) is 12.0 Å². The largest absolute Gasteiger partial charge is 0.444 e. The highest BCUT2D eigenvalue weighted by Crippen LogP contribution is 2.21. The third kappa shape index (κ3) is 4.66. The number of nitrogens with zero attached hydrogens (tertiary/aromatic N) is 2. The summed E-state index contributed by atoms with van der Waals surface area (Å²) in [6.45, 7) is 9.57. The van der Waals surface area contributed by atoms with Crippen LogP contribution in [0.25, 0.3) is 0 Å². The van der Waals surface area contributed by atoms with E-state index in [9.17, 15) is 9.59 Å². The summed E-state index contributed by atoms with van der Waals surface area (Å²) in [6, 6.07) is 5.95. The van der Waals surface area contributed by atoms with Crippen molar-refractivity contribution >= 4 is 23.8 Å². The van der Waals surface area contributed by atoms with Gasteiger partial charge in [-0.25, -0.2) is 4.79 Å². The molecule has 24 heavy (non-hydrogen) atoms. The quantitative estimate of drug-likeness (QED) is 0.767. The summed E-state index contributed by atoms with van der Waals surface area (Å²) in [4.78, 5) is 29.4. The van der Waals surface area contributed by atoms with Crippen molar-refractivity contribution in [3.63, 3.8) is 0 Å². The Bertz CT molecular complexity index is 617. The molecule has 1 aliphatic rings. The Hall–Kier alpha value is -1.69. The van der Waals surface area contributed by atoms with Crippen LogP contribution in [0.4, 0.5) is 4.79 Å². The van der Waals surface area contributed by atoms with Crippen molar-refractivity contribution in [2.45, 2.75) is 38.2 Å². The van der Waals surface area contributed by atoms with Crippen LogP contribution >= 0.6 is 11.8 Å². The Morgan fingerprint density at radius 1 is 1.08 bits per heavy atom. The lowest BCUT2D eigenvalue weighted by Crippen LogP contribution is -2.51. The SMILES string of the molecule is CSc1ccc(C)c(C(=O)N2CCN(C(=O)OC(C)(C)C)CC2)c1. The van der Waals surface area contributed by atoms with Gasteiger partial charge in [0, 0.05) is 36.6 Å². The number of carbonyl (C=O) groups is 2. The van der Waals surface area contributed by atoms with Gasteiger partial charge in [-0.3, -0.25) is 4.79 Å². The zero-order valence-corrected chi connectivity index (χ0v) is 15.9. The maximum atomic E-state index is 12.8. The van der Waals surface area contributed by atoms with Gasteiger partial charge >= 0.3 is 6.09 Å². The van der Waals surface area contributed by atoms with Gasteiger partial charge in [-0.1, -0.05) is 6.07 Å². The molecule has 0 saturated carbocycles. The Morgan fingerprint density at radius 2 is 1.67 bits per heavy atom. The van der Waals surface area contributed by atoms with E-state index in [0.29, 0.717) is 26.2 Å². The molecule has 6 heteroatoms. The molecule has 1 saturated heterocycles. The zero-order valence-electron chi connectivity index (χ0n) is 15.1. The van der Waals surface area contributed by atoms with Gasteiger partial charge in [0.15, 0.2) is 0 Å². The lowest BCUT2D eigenvalue weighted by molar-refractivity contribution is 0.0140. The fourth-order valence-corrected chi connectivity index (χ4v) is 2.99. The van der Waals surface area contributed by atoms with E-state index < -0.39 is 5.60 Å². The molecule has 1 heterocycles. The Balaban J connectivity index is 1.99. The summed E-state index contributed by atoms with van der Waals surface area (Å²) >= 11 is 1.63. The maximum Gasteiger partial charge on any atom is 0.410 e. The van der Waals surface area contributed by atoms with E-state index in [4.69, 9.17) is 4.74 Å². The van der Waals surface area contributed by atoms with E-state index in [1.807, 2.05) is 57.0 Å². The van der Waals surface area contributed by atoms with Gasteiger partial charge in [-0.2, -0.15) is 0 Å². The highest BCUT2D eigenvalue weighted by atomic mass is 32.2. The second-order valence-corrected chi connectivity index (χ2v) is 7.82. The Labute approximate surface area is 148 Å². The van der Waals surface area contributed by atoms with Crippen molar-refractivity contribution in [3.05, 3.63) is 29.3 Å². The molecule has 1 fully saturated rings. The summed E-state index contributed by atoms with van der Waals surface area (Å²) in [5, 5.41) is 0. The molecule has 0 N–H and O–H groups in total. The van der Waals surface area contributed by atoms with Crippen molar-refractivity contribution in [1.29, 1.82) is 0 Å². The molecule has 2 amide bonds. The van der Waals surface area contributed by atoms with Gasteiger partial charge in [-0.15, -0.1) is 11.8 Å². The standard InChI is InChI=1S/C18H26N2O3S/c1-13-6-7-14(24-5)12-15(13)16(21)19-8-10-20(11-9-19)17(22)23-18(2,3)4/h6-7,12H,8-11H2,1-5H3. The smallest absolute Gasteiger partial charge is 0.410 e. The number of hydrogen-bond donors (Lipinski definition) is 0. The van der Waals surface area contributed by atoms with Crippen LogP contribution in [0, 0.1) is 6.92 Å². The first kappa shape index (κ1) is 18.6. The summed E-state index contributed by atoms with van der Waals surface area (Å²) in [6.07, 6.45) is 1.69. The third-order valence-corrected chi connectivity index (χ3v) is 4.62. The van der Waals surface area contributed by atoms with Gasteiger partial charge in [-0.05, 0) is 51.6 Å². The molecule has 0 radical (unpaired) electrons. The third-order valence-electron chi connectivity index (χ3n) is 3.89. The summed E-state index contributed by atoms with van der Waals surface area (Å²) < 4.78 is 5.39. The van der Waals surface area contributed by atoms with Gasteiger partial charge in [0.25, 0.3) is 5.91 Å². The number of hydrogen-bond acceptors (Lipinski definition) is 4. The van der Waals surface area contributed by atoms with Crippen molar-refractivity contribution in [2.24, 2.45) is 0 Å². The van der Waals surface area contributed by atoms with Crippen LogP contribution in [0.15, 0.2) is 23.1 Å². The van der Waals surface area contributed by atoms with E-state index >= 15 is 0 Å². The van der Waals surface area contributed by atoms with Gasteiger partial charge in [0.1, 0.15) is 5.60 Å².